The Bertz CT molecular complexity index is 1150. The number of nitrogens with one attached hydrogen (secondary N) is 1. The van der Waals surface area contributed by atoms with Gasteiger partial charge in [-0.05, 0) is 84.2 Å². The maximum Gasteiger partial charge on any atom is 0.409 e. The Labute approximate surface area is 295 Å². The van der Waals surface area contributed by atoms with Crippen LogP contribution < -0.4 is 5.32 Å². The van der Waals surface area contributed by atoms with Gasteiger partial charge in [-0.2, -0.15) is 0 Å². The van der Waals surface area contributed by atoms with Crippen LogP contribution in [0.5, 0.6) is 0 Å². The Morgan fingerprint density at radius 3 is 1.59 bits per heavy atom. The van der Waals surface area contributed by atoms with Crippen molar-refractivity contribution in [2.45, 2.75) is 139 Å². The first-order valence-corrected chi connectivity index (χ1v) is 19.7. The van der Waals surface area contributed by atoms with Crippen LogP contribution in [0.1, 0.15) is 96.8 Å². The fraction of sp³-hybridized carbons (Fsp3) is 0.816. The van der Waals surface area contributed by atoms with Crippen LogP contribution in [-0.2, 0) is 4.74 Å². The summed E-state index contributed by atoms with van der Waals surface area (Å²) in [5, 5.41) is 3.39. The SMILES string of the molecule is C=CCN1C(=O)N(C2CCN(C3CCN(C(=O)OCC)CC3)CC2)[C@H]2CCCC[C@@H]21.C=CCN1C(=O)N(C2CCNCC2)[C@H]2CCCC[C@@H]21. The predicted octanol–water partition coefficient (Wildman–Crippen LogP) is 5.28. The van der Waals surface area contributed by atoms with Gasteiger partial charge in [-0.25, -0.2) is 14.4 Å². The first kappa shape index (κ1) is 36.0. The van der Waals surface area contributed by atoms with Gasteiger partial charge in [0, 0.05) is 57.4 Å². The Hall–Kier alpha value is -2.79. The third kappa shape index (κ3) is 7.77. The molecule has 0 aromatic rings. The second-order valence-electron chi connectivity index (χ2n) is 15.3. The minimum Gasteiger partial charge on any atom is -0.450 e. The van der Waals surface area contributed by atoms with E-state index in [2.05, 4.69) is 43.0 Å². The van der Waals surface area contributed by atoms with Gasteiger partial charge in [0.25, 0.3) is 0 Å². The highest BCUT2D eigenvalue weighted by Gasteiger charge is 2.50. The summed E-state index contributed by atoms with van der Waals surface area (Å²) < 4.78 is 5.14. The molecule has 7 rings (SSSR count). The van der Waals surface area contributed by atoms with Crippen LogP contribution in [0.25, 0.3) is 0 Å². The van der Waals surface area contributed by atoms with E-state index in [1.807, 2.05) is 24.0 Å². The Balaban J connectivity index is 0.000000188. The standard InChI is InChI=1S/C23H38N4O3.C15H25N3O/c1-3-13-26-20-7-5-6-8-21(20)27(22(26)28)19-11-14-24(15-12-19)18-9-16-25(17-10-18)23(29)30-4-2;1-2-11-17-13-5-3-4-6-14(13)18(15(17)19)12-7-9-16-10-8-12/h3,18-21H,1,4-17H2,2H3;2,12-14,16H,1,3-11H2/t20-,21-;13-,14-/m00/s1. The number of piperidine rings is 3. The smallest absolute Gasteiger partial charge is 0.409 e. The van der Waals surface area contributed by atoms with Gasteiger partial charge < -0.3 is 39.5 Å². The lowest BCUT2D eigenvalue weighted by atomic mass is 9.88. The molecule has 1 N–H and O–H groups in total. The van der Waals surface area contributed by atoms with Crippen molar-refractivity contribution in [3.05, 3.63) is 25.3 Å². The molecule has 0 radical (unpaired) electrons. The number of hydrogen-bond donors (Lipinski definition) is 1. The number of ether oxygens (including phenoxy) is 1. The van der Waals surface area contributed by atoms with Crippen molar-refractivity contribution < 1.29 is 19.1 Å². The van der Waals surface area contributed by atoms with Crippen molar-refractivity contribution in [2.75, 3.05) is 59.0 Å². The van der Waals surface area contributed by atoms with E-state index in [9.17, 15) is 14.4 Å². The van der Waals surface area contributed by atoms with Gasteiger partial charge in [-0.1, -0.05) is 37.8 Å². The molecule has 0 spiro atoms. The van der Waals surface area contributed by atoms with Crippen LogP contribution >= 0.6 is 0 Å². The number of nitrogens with zero attached hydrogens (tertiary/aromatic N) is 6. The van der Waals surface area contributed by atoms with Gasteiger partial charge in [0.15, 0.2) is 0 Å². The summed E-state index contributed by atoms with van der Waals surface area (Å²) in [5.41, 5.74) is 0. The zero-order valence-electron chi connectivity index (χ0n) is 30.2. The Kier molecular flexibility index (Phi) is 12.5. The van der Waals surface area contributed by atoms with Gasteiger partial charge in [-0.15, -0.1) is 13.2 Å². The van der Waals surface area contributed by atoms with E-state index < -0.39 is 0 Å². The van der Waals surface area contributed by atoms with Crippen molar-refractivity contribution in [1.82, 2.24) is 34.7 Å². The molecule has 2 aliphatic carbocycles. The maximum atomic E-state index is 13.2. The van der Waals surface area contributed by atoms with E-state index in [-0.39, 0.29) is 18.2 Å². The molecule has 11 heteroatoms. The number of carbonyl (C=O) groups is 3. The topological polar surface area (TPSA) is 91.9 Å². The molecule has 7 fully saturated rings. The molecule has 274 valence electrons. The van der Waals surface area contributed by atoms with Crippen LogP contribution in [0.2, 0.25) is 0 Å². The van der Waals surface area contributed by atoms with Crippen LogP contribution in [0, 0.1) is 0 Å². The van der Waals surface area contributed by atoms with Crippen LogP contribution in [0.15, 0.2) is 25.3 Å². The summed E-state index contributed by atoms with van der Waals surface area (Å²) in [5.74, 6) is 0. The minimum absolute atomic E-state index is 0.173. The third-order valence-electron chi connectivity index (χ3n) is 12.6. The maximum absolute atomic E-state index is 13.2. The average Bonchev–Trinajstić information content (AvgIpc) is 3.58. The number of carbonyl (C=O) groups excluding carboxylic acids is 3. The summed E-state index contributed by atoms with van der Waals surface area (Å²) in [4.78, 5) is 51.0. The number of urea groups is 2. The molecule has 5 aliphatic heterocycles. The lowest BCUT2D eigenvalue weighted by Crippen LogP contribution is -2.53. The van der Waals surface area contributed by atoms with Crippen molar-refractivity contribution in [3.8, 4) is 0 Å². The van der Waals surface area contributed by atoms with Gasteiger partial charge >= 0.3 is 18.2 Å². The molecule has 5 saturated heterocycles. The van der Waals surface area contributed by atoms with Crippen LogP contribution in [-0.4, -0.2) is 149 Å². The zero-order valence-corrected chi connectivity index (χ0v) is 30.2. The van der Waals surface area contributed by atoms with Crippen molar-refractivity contribution in [2.24, 2.45) is 0 Å². The Morgan fingerprint density at radius 1 is 0.673 bits per heavy atom. The average molecular weight is 682 g/mol. The van der Waals surface area contributed by atoms with Crippen molar-refractivity contribution in [3.63, 3.8) is 0 Å². The molecule has 0 aromatic heterocycles. The molecular weight excluding hydrogens is 618 g/mol. The van der Waals surface area contributed by atoms with Gasteiger partial charge in [0.05, 0.1) is 30.8 Å². The first-order valence-electron chi connectivity index (χ1n) is 19.7. The number of rotatable bonds is 8. The summed E-state index contributed by atoms with van der Waals surface area (Å²) >= 11 is 0. The van der Waals surface area contributed by atoms with Crippen LogP contribution in [0.4, 0.5) is 14.4 Å². The van der Waals surface area contributed by atoms with E-state index in [1.54, 1.807) is 0 Å². The molecule has 0 unspecified atom stereocenters. The lowest BCUT2D eigenvalue weighted by Gasteiger charge is -2.44. The van der Waals surface area contributed by atoms with Crippen molar-refractivity contribution in [1.29, 1.82) is 0 Å². The molecule has 0 bridgehead atoms. The molecule has 5 heterocycles. The molecule has 7 aliphatic rings. The predicted molar refractivity (Wildman–Crippen MR) is 192 cm³/mol. The summed E-state index contributed by atoms with van der Waals surface area (Å²) in [6, 6.07) is 3.56. The van der Waals surface area contributed by atoms with E-state index in [4.69, 9.17) is 4.74 Å². The quantitative estimate of drug-likeness (QED) is 0.351. The fourth-order valence-corrected chi connectivity index (χ4v) is 10.2. The molecule has 11 nitrogen and oxygen atoms in total. The minimum atomic E-state index is -0.173. The highest BCUT2D eigenvalue weighted by atomic mass is 16.6. The van der Waals surface area contributed by atoms with E-state index in [0.29, 0.717) is 62.0 Å². The van der Waals surface area contributed by atoms with Gasteiger partial charge in [-0.3, -0.25) is 0 Å². The number of hydrogen-bond acceptors (Lipinski definition) is 6. The normalized spacial score (nSPS) is 30.5. The largest absolute Gasteiger partial charge is 0.450 e. The van der Waals surface area contributed by atoms with Gasteiger partial charge in [0.2, 0.25) is 0 Å². The van der Waals surface area contributed by atoms with E-state index in [0.717, 1.165) is 90.6 Å². The number of amides is 5. The molecular formula is C38H63N7O4. The summed E-state index contributed by atoms with van der Waals surface area (Å²) in [6.45, 7) is 17.1. The molecule has 5 amide bonds. The molecule has 2 saturated carbocycles. The van der Waals surface area contributed by atoms with E-state index in [1.165, 1.54) is 38.5 Å². The van der Waals surface area contributed by atoms with E-state index >= 15 is 0 Å². The summed E-state index contributed by atoms with van der Waals surface area (Å²) in [6.07, 6.45) is 19.6. The molecule has 0 aromatic carbocycles. The molecule has 4 atom stereocenters. The zero-order chi connectivity index (χ0) is 34.3. The van der Waals surface area contributed by atoms with Gasteiger partial charge in [0.1, 0.15) is 0 Å². The Morgan fingerprint density at radius 2 is 1.12 bits per heavy atom. The molecule has 49 heavy (non-hydrogen) atoms. The first-order chi connectivity index (χ1) is 24.0. The highest BCUT2D eigenvalue weighted by molar-refractivity contribution is 5.79. The van der Waals surface area contributed by atoms with Crippen LogP contribution in [0.3, 0.4) is 0 Å². The summed E-state index contributed by atoms with van der Waals surface area (Å²) in [7, 11) is 0. The second-order valence-corrected chi connectivity index (χ2v) is 15.3. The van der Waals surface area contributed by atoms with Crippen molar-refractivity contribution >= 4 is 18.2 Å². The third-order valence-corrected chi connectivity index (χ3v) is 12.6. The lowest BCUT2D eigenvalue weighted by molar-refractivity contribution is 0.0490. The number of likely N-dealkylation sites (tertiary alicyclic amines) is 2. The fourth-order valence-electron chi connectivity index (χ4n) is 10.2. The number of fused-ring (bicyclic) bond motifs is 2. The second kappa shape index (κ2) is 16.9. The monoisotopic (exact) mass is 681 g/mol. The highest BCUT2D eigenvalue weighted by Crippen LogP contribution is 2.39.